The number of ketones is 1. The smallest absolute Gasteiger partial charge is 0.391 e. The van der Waals surface area contributed by atoms with E-state index in [1.54, 1.807) is 0 Å². The zero-order valence-electron chi connectivity index (χ0n) is 14.6. The van der Waals surface area contributed by atoms with Gasteiger partial charge in [-0.3, -0.25) is 4.79 Å². The summed E-state index contributed by atoms with van der Waals surface area (Å²) in [6.07, 6.45) is -4.66. The van der Waals surface area contributed by atoms with Crippen LogP contribution in [0.3, 0.4) is 0 Å². The summed E-state index contributed by atoms with van der Waals surface area (Å²) >= 11 is 11.9. The number of nitrogens with zero attached hydrogens (tertiary/aromatic N) is 2. The highest BCUT2D eigenvalue weighted by atomic mass is 35.5. The van der Waals surface area contributed by atoms with E-state index in [9.17, 15) is 26.4 Å². The van der Waals surface area contributed by atoms with Gasteiger partial charge in [-0.05, 0) is 19.1 Å². The lowest BCUT2D eigenvalue weighted by Gasteiger charge is -2.16. The quantitative estimate of drug-likeness (QED) is 0.575. The van der Waals surface area contributed by atoms with Crippen molar-refractivity contribution in [2.75, 3.05) is 12.9 Å². The van der Waals surface area contributed by atoms with E-state index in [0.29, 0.717) is 0 Å². The van der Waals surface area contributed by atoms with E-state index >= 15 is 0 Å². The van der Waals surface area contributed by atoms with Crippen molar-refractivity contribution >= 4 is 38.8 Å². The monoisotopic (exact) mass is 458 g/mol. The van der Waals surface area contributed by atoms with E-state index in [-0.39, 0.29) is 20.8 Å². The third-order valence-corrected chi connectivity index (χ3v) is 6.26. The third kappa shape index (κ3) is 5.18. The molecule has 0 aliphatic heterocycles. The number of hydrogen-bond donors (Lipinski definition) is 0. The highest BCUT2D eigenvalue weighted by Gasteiger charge is 2.33. The fourth-order valence-electron chi connectivity index (χ4n) is 2.44. The van der Waals surface area contributed by atoms with Crippen molar-refractivity contribution in [1.82, 2.24) is 9.55 Å². The van der Waals surface area contributed by atoms with E-state index < -0.39 is 45.7 Å². The molecule has 0 radical (unpaired) electrons. The Bertz CT molecular complexity index is 990. The number of imidazole rings is 1. The van der Waals surface area contributed by atoms with Crippen LogP contribution in [0.5, 0.6) is 5.75 Å². The number of sulfone groups is 1. The summed E-state index contributed by atoms with van der Waals surface area (Å²) in [5, 5.41) is -0.474. The molecule has 0 bridgehead atoms. The van der Waals surface area contributed by atoms with Gasteiger partial charge in [-0.15, -0.1) is 0 Å². The number of Topliss-reactive ketones (excluding diaryl/α,β-unsaturated/α-hetero) is 1. The summed E-state index contributed by atoms with van der Waals surface area (Å²) in [5.74, 6) is -1.76. The molecule has 6 nitrogen and oxygen atoms in total. The van der Waals surface area contributed by atoms with E-state index in [2.05, 4.69) is 4.98 Å². The second-order valence-electron chi connectivity index (χ2n) is 5.94. The van der Waals surface area contributed by atoms with Crippen LogP contribution in [0.1, 0.15) is 29.9 Å². The molecule has 0 N–H and O–H groups in total. The highest BCUT2D eigenvalue weighted by Crippen LogP contribution is 2.31. The fraction of sp³-hybridized carbons (Fsp3) is 0.375. The molecule has 0 saturated heterocycles. The molecule has 0 amide bonds. The molecule has 2 aromatic rings. The Morgan fingerprint density at radius 1 is 1.32 bits per heavy atom. The molecular formula is C16H15Cl2F3N2O4S. The van der Waals surface area contributed by atoms with E-state index in [0.717, 1.165) is 17.0 Å². The van der Waals surface area contributed by atoms with Crippen molar-refractivity contribution in [3.8, 4) is 5.75 Å². The third-order valence-electron chi connectivity index (χ3n) is 3.79. The lowest BCUT2D eigenvalue weighted by molar-refractivity contribution is -0.141. The molecule has 0 saturated carbocycles. The van der Waals surface area contributed by atoms with Crippen LogP contribution in [0.25, 0.3) is 0 Å². The normalized spacial score (nSPS) is 13.4. The minimum atomic E-state index is -4.44. The first-order valence-electron chi connectivity index (χ1n) is 7.74. The first-order valence-corrected chi connectivity index (χ1v) is 10.1. The zero-order chi connectivity index (χ0) is 21.3. The largest absolute Gasteiger partial charge is 0.497 e. The number of aromatic nitrogens is 2. The van der Waals surface area contributed by atoms with Crippen LogP contribution in [-0.2, 0) is 9.84 Å². The predicted octanol–water partition coefficient (Wildman–Crippen LogP) is 4.37. The molecule has 1 atom stereocenters. The number of rotatable bonds is 7. The first-order chi connectivity index (χ1) is 12.9. The molecule has 154 valence electrons. The van der Waals surface area contributed by atoms with Gasteiger partial charge < -0.3 is 9.30 Å². The van der Waals surface area contributed by atoms with Crippen molar-refractivity contribution in [2.24, 2.45) is 0 Å². The van der Waals surface area contributed by atoms with Gasteiger partial charge in [-0.2, -0.15) is 13.2 Å². The first kappa shape index (κ1) is 22.5. The highest BCUT2D eigenvalue weighted by molar-refractivity contribution is 7.92. The molecule has 1 aromatic heterocycles. The molecule has 0 spiro atoms. The number of carbonyl (C=O) groups is 1. The summed E-state index contributed by atoms with van der Waals surface area (Å²) in [7, 11) is -2.84. The minimum absolute atomic E-state index is 0.107. The summed E-state index contributed by atoms with van der Waals surface area (Å²) in [5.41, 5.74) is -0.432. The van der Waals surface area contributed by atoms with Gasteiger partial charge in [0, 0.05) is 12.1 Å². The summed E-state index contributed by atoms with van der Waals surface area (Å²) in [4.78, 5) is 15.8. The van der Waals surface area contributed by atoms with Crippen LogP contribution >= 0.6 is 23.2 Å². The van der Waals surface area contributed by atoms with Crippen molar-refractivity contribution in [3.05, 3.63) is 40.4 Å². The van der Waals surface area contributed by atoms with Crippen molar-refractivity contribution in [3.63, 3.8) is 0 Å². The predicted molar refractivity (Wildman–Crippen MR) is 97.0 cm³/mol. The number of alkyl halides is 3. The number of carbonyl (C=O) groups excluding carboxylic acids is 1. The molecular weight excluding hydrogens is 444 g/mol. The number of halogens is 5. The fourth-order valence-corrected chi connectivity index (χ4v) is 4.57. The number of benzene rings is 1. The molecule has 28 heavy (non-hydrogen) atoms. The Balaban J connectivity index is 2.28. The molecule has 2 rings (SSSR count). The Hall–Kier alpha value is -1.78. The Morgan fingerprint density at radius 2 is 1.96 bits per heavy atom. The number of ether oxygens (including phenoxy) is 1. The van der Waals surface area contributed by atoms with Crippen molar-refractivity contribution < 1.29 is 31.1 Å². The zero-order valence-corrected chi connectivity index (χ0v) is 17.0. The van der Waals surface area contributed by atoms with Gasteiger partial charge in [0.05, 0.1) is 29.8 Å². The van der Waals surface area contributed by atoms with E-state index in [1.807, 2.05) is 0 Å². The Morgan fingerprint density at radius 3 is 2.54 bits per heavy atom. The van der Waals surface area contributed by atoms with Crippen LogP contribution in [0, 0.1) is 0 Å². The van der Waals surface area contributed by atoms with Gasteiger partial charge in [-0.25, -0.2) is 13.4 Å². The lowest BCUT2D eigenvalue weighted by atomic mass is 10.2. The SMILES string of the molecule is COc1ccc(Cl)c(S(=O)(=O)CC(=O)c2ncn(C(C)CC(F)(F)F)c2Cl)c1. The van der Waals surface area contributed by atoms with Crippen LogP contribution in [0.15, 0.2) is 29.4 Å². The second-order valence-corrected chi connectivity index (χ2v) is 8.66. The maximum atomic E-state index is 12.6. The molecule has 1 heterocycles. The van der Waals surface area contributed by atoms with Crippen LogP contribution in [0.2, 0.25) is 10.2 Å². The number of hydrogen-bond acceptors (Lipinski definition) is 5. The maximum Gasteiger partial charge on any atom is 0.391 e. The van der Waals surface area contributed by atoms with Gasteiger partial charge in [0.15, 0.2) is 15.6 Å². The Kier molecular flexibility index (Phi) is 6.67. The molecule has 12 heteroatoms. The minimum Gasteiger partial charge on any atom is -0.497 e. The average Bonchev–Trinajstić information content (AvgIpc) is 2.95. The standard InChI is InChI=1S/C16H15Cl2F3N2O4S/c1-9(6-16(19,20)21)23-8-22-14(15(23)18)12(24)7-28(25,26)13-5-10(27-2)3-4-11(13)17/h3-5,8-9H,6-7H2,1-2H3. The van der Waals surface area contributed by atoms with Crippen molar-refractivity contribution in [2.45, 2.75) is 30.5 Å². The topological polar surface area (TPSA) is 78.3 Å². The molecule has 1 unspecified atom stereocenters. The molecule has 1 aromatic carbocycles. The van der Waals surface area contributed by atoms with Gasteiger partial charge in [0.25, 0.3) is 0 Å². The van der Waals surface area contributed by atoms with Crippen molar-refractivity contribution in [1.29, 1.82) is 0 Å². The van der Waals surface area contributed by atoms with Gasteiger partial charge >= 0.3 is 6.18 Å². The second kappa shape index (κ2) is 8.30. The average molecular weight is 459 g/mol. The van der Waals surface area contributed by atoms with Crippen LogP contribution in [0.4, 0.5) is 13.2 Å². The molecule has 0 fully saturated rings. The summed E-state index contributed by atoms with van der Waals surface area (Å²) in [6, 6.07) is 2.80. The summed E-state index contributed by atoms with van der Waals surface area (Å²) < 4.78 is 68.7. The van der Waals surface area contributed by atoms with Crippen LogP contribution in [-0.4, -0.2) is 42.8 Å². The van der Waals surface area contributed by atoms with Gasteiger partial charge in [0.1, 0.15) is 22.3 Å². The maximum absolute atomic E-state index is 12.6. The number of methoxy groups -OCH3 is 1. The van der Waals surface area contributed by atoms with Crippen LogP contribution < -0.4 is 4.74 Å². The molecule has 0 aliphatic rings. The molecule has 0 aliphatic carbocycles. The lowest BCUT2D eigenvalue weighted by Crippen LogP contribution is -2.18. The Labute approximate surface area is 169 Å². The summed E-state index contributed by atoms with van der Waals surface area (Å²) in [6.45, 7) is 1.25. The van der Waals surface area contributed by atoms with Gasteiger partial charge in [-0.1, -0.05) is 23.2 Å². The van der Waals surface area contributed by atoms with E-state index in [1.165, 1.54) is 26.2 Å². The van der Waals surface area contributed by atoms with Gasteiger partial charge in [0.2, 0.25) is 0 Å². The van der Waals surface area contributed by atoms with E-state index in [4.69, 9.17) is 27.9 Å².